The number of piperidine rings is 1. The van der Waals surface area contributed by atoms with E-state index in [2.05, 4.69) is 17.3 Å². The highest BCUT2D eigenvalue weighted by atomic mass is 32.2. The number of carbonyl (C=O) groups excluding carboxylic acids is 4. The Hall–Kier alpha value is -2.26. The molecule has 1 saturated heterocycles. The molecule has 1 atom stereocenters. The lowest BCUT2D eigenvalue weighted by atomic mass is 9.52. The molecule has 216 valence electrons. The fraction of sp³-hybridized carbons (Fsp3) is 0.677. The molecule has 6 aliphatic rings. The van der Waals surface area contributed by atoms with Gasteiger partial charge < -0.3 is 4.90 Å². The predicted molar refractivity (Wildman–Crippen MR) is 150 cm³/mol. The quantitative estimate of drug-likeness (QED) is 0.225. The van der Waals surface area contributed by atoms with Crippen molar-refractivity contribution < 1.29 is 23.6 Å². The van der Waals surface area contributed by atoms with Crippen LogP contribution in [0, 0.1) is 23.6 Å². The largest absolute Gasteiger partial charge is 0.301 e. The second-order valence-corrected chi connectivity index (χ2v) is 14.1. The molecule has 7 rings (SSSR count). The van der Waals surface area contributed by atoms with Crippen LogP contribution in [0.3, 0.4) is 0 Å². The van der Waals surface area contributed by atoms with Crippen molar-refractivity contribution in [2.24, 2.45) is 17.8 Å². The van der Waals surface area contributed by atoms with E-state index in [-0.39, 0.29) is 24.0 Å². The van der Waals surface area contributed by atoms with Crippen LogP contribution in [-0.2, 0) is 9.59 Å². The van der Waals surface area contributed by atoms with Gasteiger partial charge in [-0.3, -0.25) is 29.4 Å². The van der Waals surface area contributed by atoms with E-state index in [1.165, 1.54) is 75.7 Å². The lowest BCUT2D eigenvalue weighted by Gasteiger charge is -2.60. The molecule has 0 spiro atoms. The Labute approximate surface area is 240 Å². The third kappa shape index (κ3) is 5.24. The number of benzene rings is 1. The second-order valence-electron chi connectivity index (χ2n) is 13.0. The van der Waals surface area contributed by atoms with Crippen LogP contribution in [0.2, 0.25) is 0 Å². The molecule has 1 unspecified atom stereocenters. The topological polar surface area (TPSA) is 86.8 Å². The summed E-state index contributed by atoms with van der Waals surface area (Å²) in [5.41, 5.74) is 0.651. The van der Waals surface area contributed by atoms with Gasteiger partial charge >= 0.3 is 0 Å². The number of unbranched alkanes of at least 4 members (excludes halogenated alkanes) is 4. The van der Waals surface area contributed by atoms with Gasteiger partial charge in [0.15, 0.2) is 0 Å². The van der Waals surface area contributed by atoms with Crippen molar-refractivity contribution in [3.63, 3.8) is 0 Å². The average molecular weight is 570 g/mol. The fourth-order valence-electron chi connectivity index (χ4n) is 8.57. The van der Waals surface area contributed by atoms with Crippen molar-refractivity contribution >= 4 is 35.4 Å². The third-order valence-electron chi connectivity index (χ3n) is 10.2. The van der Waals surface area contributed by atoms with E-state index in [0.717, 1.165) is 53.7 Å². The highest BCUT2D eigenvalue weighted by Crippen LogP contribution is 2.57. The average Bonchev–Trinajstić information content (AvgIpc) is 3.14. The molecule has 2 aliphatic heterocycles. The maximum Gasteiger partial charge on any atom is 0.263 e. The molecule has 4 saturated carbocycles. The normalized spacial score (nSPS) is 30.9. The van der Waals surface area contributed by atoms with Gasteiger partial charge in [-0.15, -0.1) is 11.8 Å². The minimum Gasteiger partial charge on any atom is -0.301 e. The van der Waals surface area contributed by atoms with Crippen molar-refractivity contribution in [2.75, 3.05) is 19.3 Å². The Kier molecular flexibility index (Phi) is 7.81. The summed E-state index contributed by atoms with van der Waals surface area (Å²) in [6.45, 7) is 1.18. The molecular formula is C31H40FN3O4S. The SMILES string of the molecule is CN(CCCCCCCSc1cc(F)cc2c1C(=O)N(C1CCC(=O)NC1=O)C2=O)C12CC3CC(CC(C3)C1)C2. The summed E-state index contributed by atoms with van der Waals surface area (Å²) in [6.07, 6.45) is 14.4. The number of rotatable bonds is 11. The Morgan fingerprint density at radius 2 is 1.60 bits per heavy atom. The summed E-state index contributed by atoms with van der Waals surface area (Å²) < 4.78 is 14.4. The van der Waals surface area contributed by atoms with Crippen LogP contribution in [0.5, 0.6) is 0 Å². The number of hydrogen-bond donors (Lipinski definition) is 1. The molecule has 9 heteroatoms. The number of amides is 4. The maximum atomic E-state index is 14.4. The number of imide groups is 2. The number of hydrogen-bond acceptors (Lipinski definition) is 6. The van der Waals surface area contributed by atoms with Crippen molar-refractivity contribution in [2.45, 2.75) is 99.9 Å². The Bertz CT molecular complexity index is 1180. The van der Waals surface area contributed by atoms with Crippen molar-refractivity contribution in [1.82, 2.24) is 15.1 Å². The number of halogens is 1. The van der Waals surface area contributed by atoms with Crippen molar-refractivity contribution in [3.05, 3.63) is 29.1 Å². The summed E-state index contributed by atoms with van der Waals surface area (Å²) in [7, 11) is 2.36. The number of nitrogens with one attached hydrogen (secondary N) is 1. The zero-order valence-corrected chi connectivity index (χ0v) is 24.2. The Morgan fingerprint density at radius 3 is 2.27 bits per heavy atom. The van der Waals surface area contributed by atoms with E-state index < -0.39 is 35.5 Å². The molecule has 7 nitrogen and oxygen atoms in total. The summed E-state index contributed by atoms with van der Waals surface area (Å²) in [5.74, 6) is 0.728. The van der Waals surface area contributed by atoms with Crippen LogP contribution in [0.25, 0.3) is 0 Å². The van der Waals surface area contributed by atoms with Crippen LogP contribution >= 0.6 is 11.8 Å². The highest BCUT2D eigenvalue weighted by Gasteiger charge is 2.52. The van der Waals surface area contributed by atoms with Crippen molar-refractivity contribution in [1.29, 1.82) is 0 Å². The van der Waals surface area contributed by atoms with E-state index in [0.29, 0.717) is 10.4 Å². The van der Waals surface area contributed by atoms with Gasteiger partial charge in [0.2, 0.25) is 11.8 Å². The molecule has 1 aromatic carbocycles. The number of carbonyl (C=O) groups is 4. The molecule has 1 N–H and O–H groups in total. The smallest absolute Gasteiger partial charge is 0.263 e. The zero-order valence-electron chi connectivity index (χ0n) is 23.4. The maximum absolute atomic E-state index is 14.4. The van der Waals surface area contributed by atoms with Gasteiger partial charge in [-0.2, -0.15) is 0 Å². The predicted octanol–water partition coefficient (Wildman–Crippen LogP) is 5.17. The first-order valence-electron chi connectivity index (χ1n) is 15.1. The zero-order chi connectivity index (χ0) is 28.0. The van der Waals surface area contributed by atoms with Crippen LogP contribution < -0.4 is 5.32 Å². The van der Waals surface area contributed by atoms with E-state index >= 15 is 0 Å². The molecule has 5 fully saturated rings. The van der Waals surface area contributed by atoms with Crippen LogP contribution in [0.4, 0.5) is 4.39 Å². The molecule has 4 bridgehead atoms. The lowest BCUT2D eigenvalue weighted by Crippen LogP contribution is -2.58. The Balaban J connectivity index is 0.956. The summed E-state index contributed by atoms with van der Waals surface area (Å²) >= 11 is 1.39. The highest BCUT2D eigenvalue weighted by molar-refractivity contribution is 7.99. The number of fused-ring (bicyclic) bond motifs is 1. The summed E-state index contributed by atoms with van der Waals surface area (Å²) in [5, 5.41) is 2.19. The second kappa shape index (κ2) is 11.2. The molecule has 2 heterocycles. The van der Waals surface area contributed by atoms with Gasteiger partial charge in [0.05, 0.1) is 11.1 Å². The molecule has 40 heavy (non-hydrogen) atoms. The van der Waals surface area contributed by atoms with Crippen LogP contribution in [0.15, 0.2) is 17.0 Å². The first-order valence-corrected chi connectivity index (χ1v) is 16.1. The van der Waals surface area contributed by atoms with E-state index in [1.807, 2.05) is 0 Å². The summed E-state index contributed by atoms with van der Waals surface area (Å²) in [6, 6.07) is 1.34. The fourth-order valence-corrected chi connectivity index (χ4v) is 9.68. The van der Waals surface area contributed by atoms with E-state index in [4.69, 9.17) is 0 Å². The van der Waals surface area contributed by atoms with Gasteiger partial charge in [0, 0.05) is 16.9 Å². The first-order chi connectivity index (χ1) is 19.2. The molecule has 1 aromatic rings. The van der Waals surface area contributed by atoms with Gasteiger partial charge in [-0.1, -0.05) is 19.3 Å². The van der Waals surface area contributed by atoms with Crippen molar-refractivity contribution in [3.8, 4) is 0 Å². The van der Waals surface area contributed by atoms with Crippen LogP contribution in [-0.4, -0.2) is 64.4 Å². The minimum atomic E-state index is -1.05. The monoisotopic (exact) mass is 569 g/mol. The van der Waals surface area contributed by atoms with Crippen LogP contribution in [0.1, 0.15) is 104 Å². The van der Waals surface area contributed by atoms with Gasteiger partial charge in [-0.05, 0) is 107 Å². The van der Waals surface area contributed by atoms with Gasteiger partial charge in [-0.25, -0.2) is 4.39 Å². The van der Waals surface area contributed by atoms with Gasteiger partial charge in [0.25, 0.3) is 11.8 Å². The molecule has 4 amide bonds. The molecule has 0 aromatic heterocycles. The number of nitrogens with zero attached hydrogens (tertiary/aromatic N) is 2. The lowest BCUT2D eigenvalue weighted by molar-refractivity contribution is -0.136. The summed E-state index contributed by atoms with van der Waals surface area (Å²) in [4.78, 5) is 54.1. The molecule has 4 aliphatic carbocycles. The minimum absolute atomic E-state index is 0.000317. The third-order valence-corrected chi connectivity index (χ3v) is 11.3. The van der Waals surface area contributed by atoms with Gasteiger partial charge in [0.1, 0.15) is 11.9 Å². The number of thioether (sulfide) groups is 1. The first kappa shape index (κ1) is 27.9. The molecular weight excluding hydrogens is 529 g/mol. The van der Waals surface area contributed by atoms with E-state index in [9.17, 15) is 23.6 Å². The molecule has 0 radical (unpaired) electrons. The standard InChI is InChI=1S/C31H40FN3O4S/c1-34(31-16-19-11-20(17-31)13-21(12-19)18-31)9-5-3-2-4-6-10-40-25-15-22(32)14-23-27(25)30(39)35(29(23)38)24-7-8-26(36)33-28(24)37/h14-15,19-21,24H,2-13,16-18H2,1H3,(H,33,36,37). The van der Waals surface area contributed by atoms with E-state index in [1.54, 1.807) is 0 Å². The Morgan fingerprint density at radius 1 is 0.950 bits per heavy atom.